The highest BCUT2D eigenvalue weighted by Gasteiger charge is 2.32. The van der Waals surface area contributed by atoms with Crippen LogP contribution in [0.15, 0.2) is 12.1 Å². The number of sulfonamides is 1. The number of ether oxygens (including phenoxy) is 1. The van der Waals surface area contributed by atoms with Gasteiger partial charge in [-0.2, -0.15) is 9.40 Å². The summed E-state index contributed by atoms with van der Waals surface area (Å²) in [5.74, 6) is 0.648. The summed E-state index contributed by atoms with van der Waals surface area (Å²) in [5.41, 5.74) is 0.825. The third-order valence-electron chi connectivity index (χ3n) is 3.02. The van der Waals surface area contributed by atoms with Gasteiger partial charge < -0.3 is 4.74 Å². The number of rotatable bonds is 5. The number of nitrogens with zero attached hydrogens (tertiary/aromatic N) is 3. The van der Waals surface area contributed by atoms with Crippen LogP contribution in [-0.2, 0) is 10.0 Å². The molecule has 7 heteroatoms. The van der Waals surface area contributed by atoms with Crippen molar-refractivity contribution < 1.29 is 13.2 Å². The first kappa shape index (κ1) is 14.2. The minimum Gasteiger partial charge on any atom is -0.472 e. The molecule has 1 aliphatic heterocycles. The molecule has 0 aliphatic carbocycles. The second-order valence-electron chi connectivity index (χ2n) is 4.72. The summed E-state index contributed by atoms with van der Waals surface area (Å²) in [7, 11) is -3.12. The highest BCUT2D eigenvalue weighted by Crippen LogP contribution is 2.19. The van der Waals surface area contributed by atoms with Crippen LogP contribution in [0, 0.1) is 6.92 Å². The molecule has 19 heavy (non-hydrogen) atoms. The Morgan fingerprint density at radius 2 is 2.21 bits per heavy atom. The van der Waals surface area contributed by atoms with E-state index in [1.54, 1.807) is 6.07 Å². The summed E-state index contributed by atoms with van der Waals surface area (Å²) >= 11 is 0. The van der Waals surface area contributed by atoms with Crippen LogP contribution in [0.1, 0.15) is 25.5 Å². The average molecular weight is 285 g/mol. The first-order chi connectivity index (χ1) is 9.01. The number of hydrogen-bond donors (Lipinski definition) is 0. The molecular formula is C12H19N3O3S. The van der Waals surface area contributed by atoms with Crippen LogP contribution >= 0.6 is 0 Å². The van der Waals surface area contributed by atoms with Crippen LogP contribution in [0.4, 0.5) is 0 Å². The van der Waals surface area contributed by atoms with Crippen molar-refractivity contribution >= 4 is 10.0 Å². The fraction of sp³-hybridized carbons (Fsp3) is 0.667. The van der Waals surface area contributed by atoms with Gasteiger partial charge in [-0.1, -0.05) is 6.92 Å². The average Bonchev–Trinajstić information content (AvgIpc) is 2.81. The van der Waals surface area contributed by atoms with Crippen molar-refractivity contribution in [2.45, 2.75) is 32.8 Å². The number of aromatic nitrogens is 2. The second-order valence-corrected chi connectivity index (χ2v) is 6.80. The molecule has 6 nitrogen and oxygen atoms in total. The Bertz CT molecular complexity index is 516. The normalized spacial score (nSPS) is 20.6. The van der Waals surface area contributed by atoms with Crippen molar-refractivity contribution in [3.8, 4) is 5.88 Å². The van der Waals surface area contributed by atoms with E-state index in [9.17, 15) is 8.42 Å². The molecule has 2 heterocycles. The van der Waals surface area contributed by atoms with E-state index in [2.05, 4.69) is 10.2 Å². The molecule has 0 spiro atoms. The van der Waals surface area contributed by atoms with Gasteiger partial charge in [0.05, 0.1) is 18.0 Å². The Morgan fingerprint density at radius 3 is 2.84 bits per heavy atom. The van der Waals surface area contributed by atoms with E-state index in [0.29, 0.717) is 31.8 Å². The van der Waals surface area contributed by atoms with Crippen molar-refractivity contribution in [2.24, 2.45) is 0 Å². The van der Waals surface area contributed by atoms with Gasteiger partial charge in [-0.25, -0.2) is 8.42 Å². The Labute approximate surface area is 113 Å². The van der Waals surface area contributed by atoms with E-state index < -0.39 is 10.0 Å². The van der Waals surface area contributed by atoms with Gasteiger partial charge >= 0.3 is 0 Å². The van der Waals surface area contributed by atoms with E-state index in [1.807, 2.05) is 19.9 Å². The zero-order valence-electron chi connectivity index (χ0n) is 11.2. The van der Waals surface area contributed by atoms with E-state index >= 15 is 0 Å². The lowest BCUT2D eigenvalue weighted by Crippen LogP contribution is -2.32. The molecule has 106 valence electrons. The quantitative estimate of drug-likeness (QED) is 0.806. The molecule has 1 aromatic rings. The summed E-state index contributed by atoms with van der Waals surface area (Å²) in [4.78, 5) is 0. The molecule has 2 rings (SSSR count). The minimum atomic E-state index is -3.12. The molecule has 1 atom stereocenters. The van der Waals surface area contributed by atoms with Crippen LogP contribution in [0.3, 0.4) is 0 Å². The summed E-state index contributed by atoms with van der Waals surface area (Å²) in [6.45, 7) is 4.64. The van der Waals surface area contributed by atoms with Gasteiger partial charge in [-0.15, -0.1) is 5.10 Å². The Kier molecular flexibility index (Phi) is 4.36. The van der Waals surface area contributed by atoms with Gasteiger partial charge in [0.2, 0.25) is 15.9 Å². The fourth-order valence-electron chi connectivity index (χ4n) is 2.05. The first-order valence-corrected chi connectivity index (χ1v) is 8.07. The Balaban J connectivity index is 1.94. The van der Waals surface area contributed by atoms with Gasteiger partial charge in [0, 0.05) is 12.6 Å². The molecule has 1 unspecified atom stereocenters. The summed E-state index contributed by atoms with van der Waals surface area (Å²) < 4.78 is 31.0. The number of hydrogen-bond acceptors (Lipinski definition) is 5. The molecule has 0 N–H and O–H groups in total. The highest BCUT2D eigenvalue weighted by atomic mass is 32.2. The first-order valence-electron chi connectivity index (χ1n) is 6.46. The smallest absolute Gasteiger partial charge is 0.233 e. The van der Waals surface area contributed by atoms with E-state index in [-0.39, 0.29) is 11.9 Å². The minimum absolute atomic E-state index is 0.136. The van der Waals surface area contributed by atoms with Crippen molar-refractivity contribution in [2.75, 3.05) is 18.8 Å². The largest absolute Gasteiger partial charge is 0.472 e. The van der Waals surface area contributed by atoms with Crippen molar-refractivity contribution in [1.82, 2.24) is 14.5 Å². The maximum absolute atomic E-state index is 11.9. The van der Waals surface area contributed by atoms with E-state index in [1.165, 1.54) is 4.31 Å². The Hall–Kier alpha value is -1.21. The second kappa shape index (κ2) is 5.83. The van der Waals surface area contributed by atoms with Crippen LogP contribution in [-0.4, -0.2) is 47.9 Å². The predicted molar refractivity (Wildman–Crippen MR) is 71.5 cm³/mol. The van der Waals surface area contributed by atoms with Gasteiger partial charge in [0.15, 0.2) is 0 Å². The monoisotopic (exact) mass is 285 g/mol. The fourth-order valence-corrected chi connectivity index (χ4v) is 3.60. The molecule has 1 saturated heterocycles. The Morgan fingerprint density at radius 1 is 1.42 bits per heavy atom. The van der Waals surface area contributed by atoms with Gasteiger partial charge in [-0.05, 0) is 25.8 Å². The molecule has 0 saturated carbocycles. The molecule has 1 fully saturated rings. The SMILES string of the molecule is CCCS(=O)(=O)N1CCC(Oc2ccc(C)nn2)C1. The summed E-state index contributed by atoms with van der Waals surface area (Å²) in [6, 6.07) is 3.58. The van der Waals surface area contributed by atoms with Crippen LogP contribution in [0.5, 0.6) is 5.88 Å². The van der Waals surface area contributed by atoms with E-state index in [0.717, 1.165) is 5.69 Å². The third kappa shape index (κ3) is 3.63. The van der Waals surface area contributed by atoms with Gasteiger partial charge in [0.1, 0.15) is 6.10 Å². The van der Waals surface area contributed by atoms with Crippen molar-refractivity contribution in [3.63, 3.8) is 0 Å². The molecule has 0 bridgehead atoms. The lowest BCUT2D eigenvalue weighted by Gasteiger charge is -2.16. The standard InChI is InChI=1S/C12H19N3O3S/c1-3-8-19(16,17)15-7-6-11(9-15)18-12-5-4-10(2)13-14-12/h4-5,11H,3,6-9H2,1-2H3. The van der Waals surface area contributed by atoms with Gasteiger partial charge in [-0.3, -0.25) is 0 Å². The third-order valence-corrected chi connectivity index (χ3v) is 5.07. The predicted octanol–water partition coefficient (Wildman–Crippen LogP) is 0.978. The summed E-state index contributed by atoms with van der Waals surface area (Å²) in [6.07, 6.45) is 1.19. The summed E-state index contributed by atoms with van der Waals surface area (Å²) in [5, 5.41) is 7.84. The maximum atomic E-state index is 11.9. The van der Waals surface area contributed by atoms with Crippen LogP contribution < -0.4 is 4.74 Å². The molecule has 1 aliphatic rings. The lowest BCUT2D eigenvalue weighted by atomic mass is 10.3. The topological polar surface area (TPSA) is 72.4 Å². The highest BCUT2D eigenvalue weighted by molar-refractivity contribution is 7.89. The van der Waals surface area contributed by atoms with Gasteiger partial charge in [0.25, 0.3) is 0 Å². The lowest BCUT2D eigenvalue weighted by molar-refractivity contribution is 0.204. The molecular weight excluding hydrogens is 266 g/mol. The zero-order chi connectivity index (χ0) is 13.9. The number of aryl methyl sites for hydroxylation is 1. The molecule has 0 aromatic carbocycles. The van der Waals surface area contributed by atoms with Crippen molar-refractivity contribution in [3.05, 3.63) is 17.8 Å². The van der Waals surface area contributed by atoms with Crippen LogP contribution in [0.2, 0.25) is 0 Å². The van der Waals surface area contributed by atoms with Crippen molar-refractivity contribution in [1.29, 1.82) is 0 Å². The maximum Gasteiger partial charge on any atom is 0.233 e. The van der Waals surface area contributed by atoms with E-state index in [4.69, 9.17) is 4.74 Å². The van der Waals surface area contributed by atoms with Crippen LogP contribution in [0.25, 0.3) is 0 Å². The zero-order valence-corrected chi connectivity index (χ0v) is 12.1. The molecule has 1 aromatic heterocycles. The molecule has 0 amide bonds. The molecule has 0 radical (unpaired) electrons.